The van der Waals surface area contributed by atoms with Gasteiger partial charge < -0.3 is 20.3 Å². The summed E-state index contributed by atoms with van der Waals surface area (Å²) in [4.78, 5) is 17.5. The molecular formula is C26H34N4O2. The molecule has 0 spiro atoms. The second-order valence-electron chi connectivity index (χ2n) is 9.05. The number of rotatable bonds is 7. The first kappa shape index (κ1) is 22.3. The molecule has 1 aromatic heterocycles. The van der Waals surface area contributed by atoms with Crippen LogP contribution in [0, 0.1) is 6.92 Å². The van der Waals surface area contributed by atoms with E-state index in [4.69, 9.17) is 4.98 Å². The van der Waals surface area contributed by atoms with Gasteiger partial charge in [-0.25, -0.2) is 4.98 Å². The number of imidazole rings is 1. The van der Waals surface area contributed by atoms with Gasteiger partial charge in [-0.3, -0.25) is 4.79 Å². The predicted octanol–water partition coefficient (Wildman–Crippen LogP) is 4.96. The second kappa shape index (κ2) is 10.2. The van der Waals surface area contributed by atoms with Gasteiger partial charge in [-0.15, -0.1) is 0 Å². The minimum absolute atomic E-state index is 0.0860. The van der Waals surface area contributed by atoms with Crippen molar-refractivity contribution in [1.29, 1.82) is 0 Å². The molecule has 0 radical (unpaired) electrons. The summed E-state index contributed by atoms with van der Waals surface area (Å²) in [6.07, 6.45) is 7.37. The van der Waals surface area contributed by atoms with E-state index in [1.807, 2.05) is 18.2 Å². The molecule has 1 amide bonds. The van der Waals surface area contributed by atoms with E-state index in [0.717, 1.165) is 29.8 Å². The highest BCUT2D eigenvalue weighted by Gasteiger charge is 2.22. The molecule has 4 rings (SSSR count). The van der Waals surface area contributed by atoms with Crippen LogP contribution in [0.15, 0.2) is 42.5 Å². The number of aliphatic hydroxyl groups excluding tert-OH is 1. The van der Waals surface area contributed by atoms with Crippen LogP contribution in [-0.4, -0.2) is 33.2 Å². The van der Waals surface area contributed by atoms with Gasteiger partial charge in [-0.05, 0) is 50.5 Å². The van der Waals surface area contributed by atoms with Gasteiger partial charge >= 0.3 is 0 Å². The number of hydrogen-bond donors (Lipinski definition) is 3. The number of aliphatic hydroxyl groups is 1. The Morgan fingerprint density at radius 3 is 2.66 bits per heavy atom. The molecule has 170 valence electrons. The minimum Gasteiger partial charge on any atom is -0.394 e. The monoisotopic (exact) mass is 434 g/mol. The van der Waals surface area contributed by atoms with Crippen LogP contribution in [0.1, 0.15) is 73.0 Å². The highest BCUT2D eigenvalue weighted by molar-refractivity contribution is 5.98. The van der Waals surface area contributed by atoms with Crippen LogP contribution in [0.5, 0.6) is 0 Å². The van der Waals surface area contributed by atoms with E-state index in [2.05, 4.69) is 46.4 Å². The standard InChI is InChI=1S/C26H34N4O2/c1-18-8-7-9-20(14-18)16-27-26-29-23-15-21(25(32)28-19(2)17-31)12-13-24(23)30(26)22-10-5-3-4-6-11-22/h7-9,12-15,19,22,31H,3-6,10-11,16-17H2,1-2H3,(H,27,29)(H,28,32). The van der Waals surface area contributed by atoms with Gasteiger partial charge in [0.25, 0.3) is 5.91 Å². The van der Waals surface area contributed by atoms with Gasteiger partial charge in [0, 0.05) is 24.2 Å². The van der Waals surface area contributed by atoms with E-state index < -0.39 is 0 Å². The zero-order chi connectivity index (χ0) is 22.5. The first-order valence-corrected chi connectivity index (χ1v) is 11.8. The number of aryl methyl sites for hydroxylation is 1. The van der Waals surface area contributed by atoms with E-state index >= 15 is 0 Å². The number of hydrogen-bond acceptors (Lipinski definition) is 4. The molecule has 3 N–H and O–H groups in total. The van der Waals surface area contributed by atoms with Crippen LogP contribution < -0.4 is 10.6 Å². The number of aromatic nitrogens is 2. The minimum atomic E-state index is -0.284. The molecule has 1 atom stereocenters. The Morgan fingerprint density at radius 1 is 1.16 bits per heavy atom. The lowest BCUT2D eigenvalue weighted by atomic mass is 10.1. The molecule has 0 aliphatic heterocycles. The van der Waals surface area contributed by atoms with Crippen LogP contribution in [0.25, 0.3) is 11.0 Å². The SMILES string of the molecule is Cc1cccc(CNc2nc3cc(C(=O)NC(C)CO)ccc3n2C2CCCCCC2)c1. The van der Waals surface area contributed by atoms with Crippen molar-refractivity contribution in [3.05, 3.63) is 59.2 Å². The molecule has 3 aromatic rings. The Morgan fingerprint density at radius 2 is 1.94 bits per heavy atom. The fourth-order valence-corrected chi connectivity index (χ4v) is 4.61. The predicted molar refractivity (Wildman–Crippen MR) is 129 cm³/mol. The maximum atomic E-state index is 12.6. The molecule has 0 saturated heterocycles. The number of benzene rings is 2. The average Bonchev–Trinajstić information content (AvgIpc) is 2.94. The lowest BCUT2D eigenvalue weighted by molar-refractivity contribution is 0.0922. The molecule has 1 unspecified atom stereocenters. The summed E-state index contributed by atoms with van der Waals surface area (Å²) in [6.45, 7) is 4.51. The van der Waals surface area contributed by atoms with Gasteiger partial charge in [0.05, 0.1) is 17.6 Å². The van der Waals surface area contributed by atoms with Gasteiger partial charge in [0.2, 0.25) is 5.95 Å². The summed E-state index contributed by atoms with van der Waals surface area (Å²) in [5, 5.41) is 15.6. The van der Waals surface area contributed by atoms with Crippen LogP contribution >= 0.6 is 0 Å². The van der Waals surface area contributed by atoms with Crippen molar-refractivity contribution in [3.63, 3.8) is 0 Å². The fourth-order valence-electron chi connectivity index (χ4n) is 4.61. The van der Waals surface area contributed by atoms with Crippen LogP contribution in [0.2, 0.25) is 0 Å². The Hall–Kier alpha value is -2.86. The van der Waals surface area contributed by atoms with Gasteiger partial charge in [0.15, 0.2) is 0 Å². The van der Waals surface area contributed by atoms with Crippen molar-refractivity contribution in [3.8, 4) is 0 Å². The molecule has 6 heteroatoms. The van der Waals surface area contributed by atoms with Gasteiger partial charge in [0.1, 0.15) is 0 Å². The molecule has 1 saturated carbocycles. The number of nitrogens with zero attached hydrogens (tertiary/aromatic N) is 2. The Labute approximate surface area is 190 Å². The fraction of sp³-hybridized carbons (Fsp3) is 0.462. The van der Waals surface area contributed by atoms with E-state index in [9.17, 15) is 9.90 Å². The average molecular weight is 435 g/mol. The topological polar surface area (TPSA) is 79.2 Å². The van der Waals surface area contributed by atoms with Crippen molar-refractivity contribution in [2.24, 2.45) is 0 Å². The maximum absolute atomic E-state index is 12.6. The zero-order valence-corrected chi connectivity index (χ0v) is 19.1. The summed E-state index contributed by atoms with van der Waals surface area (Å²) >= 11 is 0. The van der Waals surface area contributed by atoms with Gasteiger partial charge in [-0.2, -0.15) is 0 Å². The lowest BCUT2D eigenvalue weighted by Crippen LogP contribution is -2.34. The first-order chi connectivity index (χ1) is 15.5. The number of amides is 1. The van der Waals surface area contributed by atoms with Crippen LogP contribution in [0.4, 0.5) is 5.95 Å². The van der Waals surface area contributed by atoms with Crippen molar-refractivity contribution in [1.82, 2.24) is 14.9 Å². The molecule has 1 heterocycles. The summed E-state index contributed by atoms with van der Waals surface area (Å²) in [5.41, 5.74) is 4.92. The Kier molecular flexibility index (Phi) is 7.10. The third-order valence-corrected chi connectivity index (χ3v) is 6.33. The second-order valence-corrected chi connectivity index (χ2v) is 9.05. The van der Waals surface area contributed by atoms with Crippen molar-refractivity contribution in [2.75, 3.05) is 11.9 Å². The summed E-state index contributed by atoms with van der Waals surface area (Å²) in [5.74, 6) is 0.682. The van der Waals surface area contributed by atoms with Crippen molar-refractivity contribution in [2.45, 2.75) is 71.0 Å². The van der Waals surface area contributed by atoms with E-state index in [1.165, 1.54) is 36.8 Å². The molecule has 1 aliphatic carbocycles. The third kappa shape index (κ3) is 5.13. The Balaban J connectivity index is 1.67. The third-order valence-electron chi connectivity index (χ3n) is 6.33. The largest absolute Gasteiger partial charge is 0.394 e. The van der Waals surface area contributed by atoms with Gasteiger partial charge in [-0.1, -0.05) is 55.5 Å². The highest BCUT2D eigenvalue weighted by Crippen LogP contribution is 2.34. The van der Waals surface area contributed by atoms with Crippen LogP contribution in [-0.2, 0) is 6.54 Å². The molecule has 1 fully saturated rings. The number of carbonyl (C=O) groups excluding carboxylic acids is 1. The highest BCUT2D eigenvalue weighted by atomic mass is 16.3. The lowest BCUT2D eigenvalue weighted by Gasteiger charge is -2.20. The van der Waals surface area contributed by atoms with Crippen LogP contribution in [0.3, 0.4) is 0 Å². The van der Waals surface area contributed by atoms with Crippen molar-refractivity contribution < 1.29 is 9.90 Å². The molecule has 0 bridgehead atoms. The van der Waals surface area contributed by atoms with Crippen molar-refractivity contribution >= 4 is 22.9 Å². The van der Waals surface area contributed by atoms with E-state index in [-0.39, 0.29) is 18.6 Å². The summed E-state index contributed by atoms with van der Waals surface area (Å²) in [6, 6.07) is 14.4. The smallest absolute Gasteiger partial charge is 0.251 e. The first-order valence-electron chi connectivity index (χ1n) is 11.8. The zero-order valence-electron chi connectivity index (χ0n) is 19.1. The number of fused-ring (bicyclic) bond motifs is 1. The maximum Gasteiger partial charge on any atom is 0.251 e. The Bertz CT molecular complexity index is 1070. The summed E-state index contributed by atoms with van der Waals surface area (Å²) < 4.78 is 2.36. The molecule has 2 aromatic carbocycles. The van der Waals surface area contributed by atoms with E-state index in [1.54, 1.807) is 6.92 Å². The number of anilines is 1. The molecule has 1 aliphatic rings. The molecule has 32 heavy (non-hydrogen) atoms. The van der Waals surface area contributed by atoms with E-state index in [0.29, 0.717) is 18.2 Å². The summed E-state index contributed by atoms with van der Waals surface area (Å²) in [7, 11) is 0. The quantitative estimate of drug-likeness (QED) is 0.459. The number of nitrogens with one attached hydrogen (secondary N) is 2. The molecular weight excluding hydrogens is 400 g/mol. The normalized spacial score (nSPS) is 16.0. The number of carbonyl (C=O) groups is 1. The molecule has 6 nitrogen and oxygen atoms in total.